The van der Waals surface area contributed by atoms with Crippen LogP contribution in [0.1, 0.15) is 57.4 Å². The van der Waals surface area contributed by atoms with Gasteiger partial charge in [0.25, 0.3) is 0 Å². The first-order valence-electron chi connectivity index (χ1n) is 13.3. The number of methoxy groups -OCH3 is 1. The molecule has 12 heteroatoms. The predicted octanol–water partition coefficient (Wildman–Crippen LogP) is 2.47. The first kappa shape index (κ1) is 32.1. The number of nitrogens with one attached hydrogen (secondary N) is 2. The molecule has 1 fully saturated rings. The average molecular weight is 557 g/mol. The van der Waals surface area contributed by atoms with E-state index in [0.717, 1.165) is 12.0 Å². The van der Waals surface area contributed by atoms with E-state index in [-0.39, 0.29) is 30.6 Å². The molecule has 3 atom stereocenters. The number of likely N-dealkylation sites (tertiary alicyclic amines) is 1. The number of unbranched alkanes of at least 4 members (excludes halogenated alkanes) is 1. The summed E-state index contributed by atoms with van der Waals surface area (Å²) in [5, 5.41) is 4.94. The summed E-state index contributed by atoms with van der Waals surface area (Å²) in [6.45, 7) is 2.49. The van der Waals surface area contributed by atoms with Crippen LogP contribution in [0.25, 0.3) is 0 Å². The second-order valence-electron chi connectivity index (χ2n) is 9.84. The molecule has 218 valence electrons. The number of hydrogen-bond acceptors (Lipinski definition) is 6. The van der Waals surface area contributed by atoms with Crippen LogP contribution in [0.5, 0.6) is 0 Å². The molecule has 3 amide bonds. The highest BCUT2D eigenvalue weighted by Crippen LogP contribution is 2.23. The van der Waals surface area contributed by atoms with Crippen LogP contribution < -0.4 is 16.4 Å². The molecule has 1 aromatic rings. The van der Waals surface area contributed by atoms with Gasteiger partial charge in [0.2, 0.25) is 17.7 Å². The Balaban J connectivity index is 2.10. The number of piperidine rings is 1. The Bertz CT molecular complexity index is 952. The summed E-state index contributed by atoms with van der Waals surface area (Å²) in [6.07, 6.45) is -3.97. The normalized spacial score (nSPS) is 16.6. The van der Waals surface area contributed by atoms with E-state index in [4.69, 9.17) is 10.5 Å². The zero-order chi connectivity index (χ0) is 29.0. The number of alkyl halides is 3. The Morgan fingerprint density at radius 2 is 1.64 bits per heavy atom. The number of nitrogens with zero attached hydrogens (tertiary/aromatic N) is 1. The molecule has 1 aliphatic rings. The maximum absolute atomic E-state index is 13.3. The predicted molar refractivity (Wildman–Crippen MR) is 138 cm³/mol. The number of carbonyl (C=O) groups is 4. The molecule has 1 unspecified atom stereocenters. The van der Waals surface area contributed by atoms with Crippen molar-refractivity contribution in [2.24, 2.45) is 11.7 Å². The maximum Gasteiger partial charge on any atom is 0.389 e. The van der Waals surface area contributed by atoms with Crippen molar-refractivity contribution < 1.29 is 37.1 Å². The number of nitrogens with two attached hydrogens (primary N) is 1. The minimum atomic E-state index is -4.54. The van der Waals surface area contributed by atoms with Crippen LogP contribution in [0.4, 0.5) is 13.2 Å². The van der Waals surface area contributed by atoms with E-state index in [2.05, 4.69) is 10.6 Å². The molecule has 0 spiro atoms. The highest BCUT2D eigenvalue weighted by atomic mass is 19.4. The number of carbonyl (C=O) groups excluding carboxylic acids is 4. The van der Waals surface area contributed by atoms with Crippen molar-refractivity contribution in [2.75, 3.05) is 20.2 Å². The fraction of sp³-hybridized carbons (Fsp3) is 0.630. The second kappa shape index (κ2) is 15.4. The standard InChI is InChI=1S/C27H39F3N4O5/c1-3-4-10-22(25(37)34-15-12-19(13-16-34)26(38)39-2)33-24(36)21(11-14-27(28,29)30)32-23(35)20(31)17-18-8-6-5-7-9-18/h5-9,19-22H,3-4,10-17,31H2,1-2H3,(H,32,35)(H,33,36)/t20-,21-,22?/m1/s1. The van der Waals surface area contributed by atoms with Gasteiger partial charge in [-0.2, -0.15) is 13.2 Å². The average Bonchev–Trinajstić information content (AvgIpc) is 2.92. The van der Waals surface area contributed by atoms with Gasteiger partial charge in [0.15, 0.2) is 0 Å². The molecule has 1 saturated heterocycles. The minimum Gasteiger partial charge on any atom is -0.469 e. The lowest BCUT2D eigenvalue weighted by Gasteiger charge is -2.34. The van der Waals surface area contributed by atoms with E-state index >= 15 is 0 Å². The van der Waals surface area contributed by atoms with Gasteiger partial charge < -0.3 is 26.0 Å². The highest BCUT2D eigenvalue weighted by Gasteiger charge is 2.35. The molecular weight excluding hydrogens is 517 g/mol. The number of rotatable bonds is 13. The molecule has 0 aromatic heterocycles. The van der Waals surface area contributed by atoms with E-state index in [1.807, 2.05) is 6.92 Å². The van der Waals surface area contributed by atoms with E-state index in [1.54, 1.807) is 35.2 Å². The monoisotopic (exact) mass is 556 g/mol. The molecule has 4 N–H and O–H groups in total. The Kier molecular flexibility index (Phi) is 12.7. The van der Waals surface area contributed by atoms with Gasteiger partial charge in [-0.1, -0.05) is 50.1 Å². The van der Waals surface area contributed by atoms with Crippen LogP contribution in [0.3, 0.4) is 0 Å². The number of esters is 1. The summed E-state index contributed by atoms with van der Waals surface area (Å²) in [7, 11) is 1.30. The van der Waals surface area contributed by atoms with Crippen molar-refractivity contribution in [3.63, 3.8) is 0 Å². The maximum atomic E-state index is 13.3. The lowest BCUT2D eigenvalue weighted by Crippen LogP contribution is -2.57. The summed E-state index contributed by atoms with van der Waals surface area (Å²) in [5.74, 6) is -2.67. The van der Waals surface area contributed by atoms with Gasteiger partial charge in [-0.3, -0.25) is 19.2 Å². The van der Waals surface area contributed by atoms with Gasteiger partial charge in [-0.25, -0.2) is 0 Å². The van der Waals surface area contributed by atoms with Crippen molar-refractivity contribution in [3.05, 3.63) is 35.9 Å². The SMILES string of the molecule is CCCCC(NC(=O)[C@@H](CCC(F)(F)F)NC(=O)[C@H](N)Cc1ccccc1)C(=O)N1CCC(C(=O)OC)CC1. The van der Waals surface area contributed by atoms with Gasteiger partial charge in [-0.15, -0.1) is 0 Å². The van der Waals surface area contributed by atoms with Crippen LogP contribution in [0.2, 0.25) is 0 Å². The molecule has 1 aromatic carbocycles. The molecule has 39 heavy (non-hydrogen) atoms. The Hall–Kier alpha value is -3.15. The second-order valence-corrected chi connectivity index (χ2v) is 9.84. The largest absolute Gasteiger partial charge is 0.469 e. The molecule has 9 nitrogen and oxygen atoms in total. The van der Waals surface area contributed by atoms with Gasteiger partial charge >= 0.3 is 12.1 Å². The minimum absolute atomic E-state index is 0.138. The summed E-state index contributed by atoms with van der Waals surface area (Å²) < 4.78 is 43.8. The smallest absolute Gasteiger partial charge is 0.389 e. The zero-order valence-corrected chi connectivity index (χ0v) is 22.5. The highest BCUT2D eigenvalue weighted by molar-refractivity contribution is 5.93. The van der Waals surface area contributed by atoms with Crippen LogP contribution >= 0.6 is 0 Å². The first-order valence-corrected chi connectivity index (χ1v) is 13.3. The number of hydrogen-bond donors (Lipinski definition) is 3. The van der Waals surface area contributed by atoms with Crippen LogP contribution in [-0.4, -0.2) is 73.1 Å². The molecule has 0 bridgehead atoms. The first-order chi connectivity index (χ1) is 18.4. The van der Waals surface area contributed by atoms with E-state index in [1.165, 1.54) is 7.11 Å². The Morgan fingerprint density at radius 1 is 1.03 bits per heavy atom. The quantitative estimate of drug-likeness (QED) is 0.320. The summed E-state index contributed by atoms with van der Waals surface area (Å²) in [5.41, 5.74) is 6.74. The molecular formula is C27H39F3N4O5. The number of amides is 3. The van der Waals surface area contributed by atoms with Crippen LogP contribution in [0.15, 0.2) is 30.3 Å². The molecule has 0 radical (unpaired) electrons. The van der Waals surface area contributed by atoms with E-state index in [9.17, 15) is 32.3 Å². The number of benzene rings is 1. The van der Waals surface area contributed by atoms with Crippen molar-refractivity contribution in [3.8, 4) is 0 Å². The molecule has 0 saturated carbocycles. The summed E-state index contributed by atoms with van der Waals surface area (Å²) in [6, 6.07) is 5.28. The molecule has 2 rings (SSSR count). The molecule has 1 heterocycles. The molecule has 0 aliphatic carbocycles. The third-order valence-corrected chi connectivity index (χ3v) is 6.79. The van der Waals surface area contributed by atoms with Crippen molar-refractivity contribution in [1.82, 2.24) is 15.5 Å². The van der Waals surface area contributed by atoms with Gasteiger partial charge in [0.05, 0.1) is 19.1 Å². The number of halogens is 3. The van der Waals surface area contributed by atoms with Crippen molar-refractivity contribution in [2.45, 2.75) is 82.6 Å². The lowest BCUT2D eigenvalue weighted by atomic mass is 9.96. The number of ether oxygens (including phenoxy) is 1. The Morgan fingerprint density at radius 3 is 2.21 bits per heavy atom. The van der Waals surface area contributed by atoms with Crippen LogP contribution in [-0.2, 0) is 30.3 Å². The fourth-order valence-electron chi connectivity index (χ4n) is 4.48. The topological polar surface area (TPSA) is 131 Å². The Labute approximate surface area is 227 Å². The fourth-order valence-corrected chi connectivity index (χ4v) is 4.48. The van der Waals surface area contributed by atoms with Crippen LogP contribution in [0, 0.1) is 5.92 Å². The third-order valence-electron chi connectivity index (χ3n) is 6.79. The van der Waals surface area contributed by atoms with Gasteiger partial charge in [-0.05, 0) is 37.7 Å². The van der Waals surface area contributed by atoms with Crippen molar-refractivity contribution >= 4 is 23.7 Å². The third kappa shape index (κ3) is 10.9. The zero-order valence-electron chi connectivity index (χ0n) is 22.5. The lowest BCUT2D eigenvalue weighted by molar-refractivity contribution is -0.149. The summed E-state index contributed by atoms with van der Waals surface area (Å²) >= 11 is 0. The summed E-state index contributed by atoms with van der Waals surface area (Å²) in [4.78, 5) is 52.5. The van der Waals surface area contributed by atoms with Gasteiger partial charge in [0.1, 0.15) is 12.1 Å². The van der Waals surface area contributed by atoms with E-state index in [0.29, 0.717) is 32.4 Å². The molecule has 1 aliphatic heterocycles. The van der Waals surface area contributed by atoms with Gasteiger partial charge in [0, 0.05) is 19.5 Å². The van der Waals surface area contributed by atoms with Crippen molar-refractivity contribution in [1.29, 1.82) is 0 Å². The van der Waals surface area contributed by atoms with E-state index < -0.39 is 49.0 Å².